The minimum Gasteiger partial charge on any atom is -0.358 e. The fraction of sp³-hybridized carbons (Fsp3) is 0.357. The van der Waals surface area contributed by atoms with Crippen LogP contribution >= 0.6 is 0 Å². The van der Waals surface area contributed by atoms with E-state index in [1.165, 1.54) is 27.8 Å². The maximum absolute atomic E-state index is 7.50. The fourth-order valence-electron chi connectivity index (χ4n) is 1.41. The van der Waals surface area contributed by atoms with Gasteiger partial charge in [-0.1, -0.05) is 34.6 Å². The van der Waals surface area contributed by atoms with Crippen LogP contribution in [0.5, 0.6) is 0 Å². The number of rotatable bonds is 0. The first-order valence-corrected chi connectivity index (χ1v) is 4.36. The van der Waals surface area contributed by atoms with Crippen molar-refractivity contribution in [1.29, 1.82) is 0 Å². The molecule has 0 bridgehead atoms. The topological polar surface area (TPSA) is 59.7 Å². The number of hydrogen-bond donors (Lipinski definition) is 0. The summed E-state index contributed by atoms with van der Waals surface area (Å²) in [6.07, 6.45) is 0. The Morgan fingerprint density at radius 1 is 0.722 bits per heavy atom. The van der Waals surface area contributed by atoms with Crippen LogP contribution in [0, 0.1) is 62.0 Å². The van der Waals surface area contributed by atoms with Gasteiger partial charge in [-0.15, -0.1) is 0 Å². The molecular weight excluding hydrogens is 400 g/mol. The first kappa shape index (κ1) is 30.4. The summed E-state index contributed by atoms with van der Waals surface area (Å²) in [7, 11) is 0. The first-order valence-electron chi connectivity index (χ1n) is 4.36. The van der Waals surface area contributed by atoms with Crippen molar-refractivity contribution in [2.24, 2.45) is 0 Å². The molecule has 1 aromatic rings. The summed E-state index contributed by atoms with van der Waals surface area (Å²) in [5.41, 5.74) is 7.34. The van der Waals surface area contributed by atoms with Crippen LogP contribution in [0.15, 0.2) is 0 Å². The molecule has 0 fully saturated rings. The van der Waals surface area contributed by atoms with Gasteiger partial charge in [0, 0.05) is 21.1 Å². The van der Waals surface area contributed by atoms with Gasteiger partial charge in [0.2, 0.25) is 0 Å². The van der Waals surface area contributed by atoms with Crippen LogP contribution in [0.4, 0.5) is 0 Å². The fourth-order valence-corrected chi connectivity index (χ4v) is 1.41. The van der Waals surface area contributed by atoms with Crippen molar-refractivity contribution in [2.75, 3.05) is 0 Å². The molecule has 0 aromatic heterocycles. The van der Waals surface area contributed by atoms with E-state index in [4.69, 9.17) is 14.0 Å². The molecule has 18 heavy (non-hydrogen) atoms. The van der Waals surface area contributed by atoms with E-state index < -0.39 is 0 Å². The average Bonchev–Trinajstić information content (AvgIpc) is 2.55. The molecule has 0 spiro atoms. The van der Waals surface area contributed by atoms with E-state index in [-0.39, 0.29) is 28.5 Å². The second-order valence-electron chi connectivity index (χ2n) is 3.12. The molecule has 1 rings (SSSR count). The first-order chi connectivity index (χ1) is 7.55. The van der Waals surface area contributed by atoms with Gasteiger partial charge in [-0.2, -0.15) is 27.8 Å². The van der Waals surface area contributed by atoms with Crippen LogP contribution in [0.25, 0.3) is 0 Å². The van der Waals surface area contributed by atoms with E-state index in [1.54, 1.807) is 0 Å². The molecule has 0 aliphatic rings. The molecule has 0 saturated heterocycles. The summed E-state index contributed by atoms with van der Waals surface area (Å²) in [6, 6.07) is 0. The Bertz CT molecular complexity index is 276. The molecule has 100 valence electrons. The van der Waals surface area contributed by atoms with Crippen molar-refractivity contribution in [2.45, 2.75) is 34.6 Å². The second-order valence-corrected chi connectivity index (χ2v) is 3.12. The minimum absolute atomic E-state index is 0. The molecule has 0 N–H and O–H groups in total. The quantitative estimate of drug-likeness (QED) is 0.459. The van der Waals surface area contributed by atoms with Crippen LogP contribution in [0.1, 0.15) is 27.8 Å². The van der Waals surface area contributed by atoms with Crippen molar-refractivity contribution in [3.8, 4) is 0 Å². The van der Waals surface area contributed by atoms with Crippen molar-refractivity contribution >= 4 is 0 Å². The van der Waals surface area contributed by atoms with Gasteiger partial charge in [0.25, 0.3) is 0 Å². The molecule has 0 unspecified atom stereocenters. The molecule has 4 heteroatoms. The zero-order valence-electron chi connectivity index (χ0n) is 11.6. The summed E-state index contributed by atoms with van der Waals surface area (Å²) in [5.74, 6) is 0. The Morgan fingerprint density at radius 2 is 0.889 bits per heavy atom. The molecule has 0 aliphatic carbocycles. The van der Waals surface area contributed by atoms with E-state index in [1.807, 2.05) is 0 Å². The zero-order valence-corrected chi connectivity index (χ0v) is 14.6. The van der Waals surface area contributed by atoms with Crippen LogP contribution in [-0.4, -0.2) is 0 Å². The maximum Gasteiger partial charge on any atom is 0 e. The monoisotopic (exact) mass is 418 g/mol. The average molecular weight is 418 g/mol. The Balaban J connectivity index is -0.0000000623. The SMILES string of the molecule is Cc1c(C)c(C)[c-](C)c1C.[C-]#[O+].[C-]#[O+].[C-]#[O+].[CH3-].[W]. The summed E-state index contributed by atoms with van der Waals surface area (Å²) in [5, 5.41) is 0. The summed E-state index contributed by atoms with van der Waals surface area (Å²) < 4.78 is 22.5. The molecule has 0 radical (unpaired) electrons. The van der Waals surface area contributed by atoms with Gasteiger partial charge < -0.3 is 7.43 Å². The molecule has 0 atom stereocenters. The summed E-state index contributed by atoms with van der Waals surface area (Å²) >= 11 is 0. The molecule has 0 aliphatic heterocycles. The Hall–Kier alpha value is -0.742. The zero-order chi connectivity index (χ0) is 13.9. The van der Waals surface area contributed by atoms with Crippen LogP contribution in [-0.2, 0) is 35.0 Å². The standard InChI is InChI=1S/C10H15.3CO.CH3.W/c1-6-7(2)9(4)10(5)8(6)3;3*1-2;;/h1-5H3;;;;1H3;/q-1;;;;-1;. The largest absolute Gasteiger partial charge is 0.358 e. The van der Waals surface area contributed by atoms with Crippen LogP contribution in [0.2, 0.25) is 0 Å². The van der Waals surface area contributed by atoms with Gasteiger partial charge >= 0.3 is 33.9 Å². The Morgan fingerprint density at radius 3 is 0.944 bits per heavy atom. The predicted octanol–water partition coefficient (Wildman–Crippen LogP) is 3.28. The third-order valence-electron chi connectivity index (χ3n) is 2.81. The van der Waals surface area contributed by atoms with Crippen molar-refractivity contribution in [3.05, 3.63) is 55.2 Å². The van der Waals surface area contributed by atoms with E-state index >= 15 is 0 Å². The van der Waals surface area contributed by atoms with Gasteiger partial charge in [0.15, 0.2) is 0 Å². The minimum atomic E-state index is 0. The third-order valence-corrected chi connectivity index (χ3v) is 2.81. The molecule has 3 nitrogen and oxygen atoms in total. The van der Waals surface area contributed by atoms with E-state index in [0.29, 0.717) is 0 Å². The van der Waals surface area contributed by atoms with Gasteiger partial charge in [-0.3, -0.25) is 0 Å². The van der Waals surface area contributed by atoms with Crippen LogP contribution < -0.4 is 0 Å². The Labute approximate surface area is 125 Å². The molecule has 1 aromatic carbocycles. The van der Waals surface area contributed by atoms with E-state index in [0.717, 1.165) is 0 Å². The van der Waals surface area contributed by atoms with Crippen molar-refractivity contribution in [1.82, 2.24) is 0 Å². The van der Waals surface area contributed by atoms with Crippen molar-refractivity contribution < 1.29 is 35.0 Å². The normalized spacial score (nSPS) is 6.17. The second kappa shape index (κ2) is 18.6. The predicted molar refractivity (Wildman–Crippen MR) is 63.9 cm³/mol. The molecule has 0 amide bonds. The smallest absolute Gasteiger partial charge is 0 e. The maximum atomic E-state index is 7.50. The summed E-state index contributed by atoms with van der Waals surface area (Å²) in [4.78, 5) is 0. The van der Waals surface area contributed by atoms with E-state index in [2.05, 4.69) is 54.6 Å². The van der Waals surface area contributed by atoms with Gasteiger partial charge in [0.1, 0.15) is 0 Å². The molecule has 0 heterocycles. The van der Waals surface area contributed by atoms with Crippen LogP contribution in [0.3, 0.4) is 0 Å². The van der Waals surface area contributed by atoms with E-state index in [9.17, 15) is 0 Å². The van der Waals surface area contributed by atoms with Crippen molar-refractivity contribution in [3.63, 3.8) is 0 Å². The molecular formula is C14H18O3W-2. The molecule has 0 saturated carbocycles. The van der Waals surface area contributed by atoms with Gasteiger partial charge in [-0.25, -0.2) is 0 Å². The van der Waals surface area contributed by atoms with Gasteiger partial charge in [0.05, 0.1) is 0 Å². The van der Waals surface area contributed by atoms with Gasteiger partial charge in [-0.05, 0) is 0 Å². The summed E-state index contributed by atoms with van der Waals surface area (Å²) in [6.45, 7) is 24.5. The Kier molecular flexibility index (Phi) is 31.4. The number of hydrogen-bond acceptors (Lipinski definition) is 0. The third kappa shape index (κ3) is 8.36.